The molecule has 0 bridgehead atoms. The normalized spacial score (nSPS) is 27.9. The fraction of sp³-hybridized carbons (Fsp3) is 0.812. The van der Waals surface area contributed by atoms with Gasteiger partial charge in [0.05, 0.1) is 6.10 Å². The maximum atomic E-state index is 10.4. The minimum atomic E-state index is -1.75. The van der Waals surface area contributed by atoms with Gasteiger partial charge in [-0.05, 0) is 43.5 Å². The van der Waals surface area contributed by atoms with Gasteiger partial charge in [-0.2, -0.15) is 5.10 Å². The minimum absolute atomic E-state index is 0.140. The van der Waals surface area contributed by atoms with Gasteiger partial charge in [0.25, 0.3) is 0 Å². The molecule has 1 aliphatic rings. The summed E-state index contributed by atoms with van der Waals surface area (Å²) in [5.74, 6) is 0.140. The standard InChI is InChI=1S/C16H30N2O2Si/c1-16(2,3)21(5,6)20-12-7-8-15(19)13(11-12)14-9-10-17-18(14)4/h9-10,12-13,15,19H,7-8,11H2,1-6H3/t12-,13+,15-/m0/s1. The fourth-order valence-corrected chi connectivity index (χ4v) is 4.28. The van der Waals surface area contributed by atoms with Crippen molar-refractivity contribution in [1.82, 2.24) is 9.78 Å². The first-order valence-corrected chi connectivity index (χ1v) is 10.9. The Kier molecular flexibility index (Phi) is 4.66. The molecule has 0 unspecified atom stereocenters. The summed E-state index contributed by atoms with van der Waals surface area (Å²) in [7, 11) is 0.198. The largest absolute Gasteiger partial charge is 0.414 e. The van der Waals surface area contributed by atoms with E-state index in [-0.39, 0.29) is 23.2 Å². The molecule has 120 valence electrons. The monoisotopic (exact) mass is 310 g/mol. The predicted molar refractivity (Wildman–Crippen MR) is 87.9 cm³/mol. The van der Waals surface area contributed by atoms with Gasteiger partial charge in [-0.1, -0.05) is 20.8 Å². The third-order valence-corrected chi connectivity index (χ3v) is 9.81. The van der Waals surface area contributed by atoms with Crippen LogP contribution in [0.15, 0.2) is 12.3 Å². The number of rotatable bonds is 3. The Hall–Kier alpha value is -0.653. The number of aliphatic hydroxyl groups excluding tert-OH is 1. The molecule has 0 radical (unpaired) electrons. The summed E-state index contributed by atoms with van der Waals surface area (Å²) >= 11 is 0. The molecule has 5 heteroatoms. The Morgan fingerprint density at radius 2 is 2.00 bits per heavy atom. The fourth-order valence-electron chi connectivity index (χ4n) is 2.88. The van der Waals surface area contributed by atoms with E-state index in [9.17, 15) is 5.11 Å². The molecular weight excluding hydrogens is 280 g/mol. The van der Waals surface area contributed by atoms with E-state index in [0.29, 0.717) is 0 Å². The zero-order valence-corrected chi connectivity index (χ0v) is 15.3. The predicted octanol–water partition coefficient (Wildman–Crippen LogP) is 3.44. The lowest BCUT2D eigenvalue weighted by molar-refractivity contribution is 0.0385. The molecule has 1 heterocycles. The van der Waals surface area contributed by atoms with E-state index in [4.69, 9.17) is 4.43 Å². The van der Waals surface area contributed by atoms with Crippen molar-refractivity contribution in [2.45, 2.75) is 76.3 Å². The molecular formula is C16H30N2O2Si. The molecule has 1 fully saturated rings. The van der Waals surface area contributed by atoms with Gasteiger partial charge in [-0.15, -0.1) is 0 Å². The van der Waals surface area contributed by atoms with Gasteiger partial charge in [0.15, 0.2) is 8.32 Å². The number of hydrogen-bond donors (Lipinski definition) is 1. The summed E-state index contributed by atoms with van der Waals surface area (Å²) in [6.45, 7) is 11.4. The average Bonchev–Trinajstić information content (AvgIpc) is 2.76. The van der Waals surface area contributed by atoms with Crippen molar-refractivity contribution in [3.63, 3.8) is 0 Å². The van der Waals surface area contributed by atoms with Gasteiger partial charge < -0.3 is 9.53 Å². The van der Waals surface area contributed by atoms with Crippen LogP contribution in [0.5, 0.6) is 0 Å². The Morgan fingerprint density at radius 1 is 1.33 bits per heavy atom. The Bertz CT molecular complexity index is 479. The second-order valence-corrected chi connectivity index (χ2v) is 12.6. The second kappa shape index (κ2) is 5.86. The van der Waals surface area contributed by atoms with Crippen LogP contribution in [-0.4, -0.2) is 35.4 Å². The first-order valence-electron chi connectivity index (χ1n) is 7.95. The van der Waals surface area contributed by atoms with Crippen LogP contribution in [0.1, 0.15) is 51.6 Å². The van der Waals surface area contributed by atoms with Crippen LogP contribution >= 0.6 is 0 Å². The lowest BCUT2D eigenvalue weighted by atomic mass is 9.82. The van der Waals surface area contributed by atoms with Crippen LogP contribution in [0.4, 0.5) is 0 Å². The summed E-state index contributed by atoms with van der Waals surface area (Å²) in [5, 5.41) is 14.8. The number of nitrogens with zero attached hydrogens (tertiary/aromatic N) is 2. The van der Waals surface area contributed by atoms with Crippen LogP contribution in [0.2, 0.25) is 18.1 Å². The Morgan fingerprint density at radius 3 is 2.52 bits per heavy atom. The summed E-state index contributed by atoms with van der Waals surface area (Å²) in [5.41, 5.74) is 1.12. The van der Waals surface area contributed by atoms with Gasteiger partial charge >= 0.3 is 0 Å². The first kappa shape index (κ1) is 16.7. The maximum absolute atomic E-state index is 10.4. The first-order chi connectivity index (χ1) is 9.62. The molecule has 1 N–H and O–H groups in total. The van der Waals surface area contributed by atoms with Gasteiger partial charge in [-0.25, -0.2) is 0 Å². The van der Waals surface area contributed by atoms with Crippen LogP contribution in [0, 0.1) is 0 Å². The maximum Gasteiger partial charge on any atom is 0.192 e. The minimum Gasteiger partial charge on any atom is -0.414 e. The van der Waals surface area contributed by atoms with Crippen LogP contribution in [-0.2, 0) is 11.5 Å². The van der Waals surface area contributed by atoms with Gasteiger partial charge in [0, 0.05) is 31.0 Å². The van der Waals surface area contributed by atoms with E-state index < -0.39 is 8.32 Å². The zero-order valence-electron chi connectivity index (χ0n) is 14.3. The topological polar surface area (TPSA) is 47.3 Å². The SMILES string of the molecule is Cn1nccc1[C@H]1C[C@@H](O[Si](C)(C)C(C)(C)C)CC[C@@H]1O. The molecule has 1 saturated carbocycles. The van der Waals surface area contributed by atoms with E-state index in [1.54, 1.807) is 6.20 Å². The highest BCUT2D eigenvalue weighted by atomic mass is 28.4. The highest BCUT2D eigenvalue weighted by molar-refractivity contribution is 6.74. The summed E-state index contributed by atoms with van der Waals surface area (Å²) in [6.07, 6.45) is 4.46. The molecule has 0 aromatic carbocycles. The van der Waals surface area contributed by atoms with Crippen molar-refractivity contribution in [2.24, 2.45) is 7.05 Å². The van der Waals surface area contributed by atoms with Crippen LogP contribution in [0.3, 0.4) is 0 Å². The summed E-state index contributed by atoms with van der Waals surface area (Å²) < 4.78 is 8.44. The molecule has 1 aliphatic carbocycles. The lowest BCUT2D eigenvalue weighted by Gasteiger charge is -2.42. The number of aromatic nitrogens is 2. The van der Waals surface area contributed by atoms with Gasteiger partial charge in [0.1, 0.15) is 0 Å². The quantitative estimate of drug-likeness (QED) is 0.870. The van der Waals surface area contributed by atoms with E-state index in [0.717, 1.165) is 25.0 Å². The molecule has 2 rings (SSSR count). The molecule has 0 saturated heterocycles. The third kappa shape index (κ3) is 3.58. The molecule has 4 nitrogen and oxygen atoms in total. The summed E-state index contributed by atoms with van der Waals surface area (Å²) in [6, 6.07) is 2.02. The molecule has 1 aromatic rings. The molecule has 0 amide bonds. The molecule has 0 aliphatic heterocycles. The van der Waals surface area contributed by atoms with Crippen molar-refractivity contribution in [3.8, 4) is 0 Å². The van der Waals surface area contributed by atoms with E-state index in [1.807, 2.05) is 17.8 Å². The van der Waals surface area contributed by atoms with Crippen molar-refractivity contribution in [2.75, 3.05) is 0 Å². The van der Waals surface area contributed by atoms with E-state index in [2.05, 4.69) is 39.0 Å². The van der Waals surface area contributed by atoms with Crippen molar-refractivity contribution < 1.29 is 9.53 Å². The molecule has 0 spiro atoms. The Labute approximate surface area is 129 Å². The highest BCUT2D eigenvalue weighted by Gasteiger charge is 2.41. The average molecular weight is 311 g/mol. The molecule has 21 heavy (non-hydrogen) atoms. The van der Waals surface area contributed by atoms with E-state index in [1.165, 1.54) is 0 Å². The smallest absolute Gasteiger partial charge is 0.192 e. The Balaban J connectivity index is 2.10. The third-order valence-electron chi connectivity index (χ3n) is 5.27. The highest BCUT2D eigenvalue weighted by Crippen LogP contribution is 2.41. The summed E-state index contributed by atoms with van der Waals surface area (Å²) in [4.78, 5) is 0. The van der Waals surface area contributed by atoms with Crippen molar-refractivity contribution in [3.05, 3.63) is 18.0 Å². The van der Waals surface area contributed by atoms with Gasteiger partial charge in [0.2, 0.25) is 0 Å². The lowest BCUT2D eigenvalue weighted by Crippen LogP contribution is -2.46. The van der Waals surface area contributed by atoms with Crippen molar-refractivity contribution >= 4 is 8.32 Å². The van der Waals surface area contributed by atoms with Crippen LogP contribution < -0.4 is 0 Å². The van der Waals surface area contributed by atoms with Crippen molar-refractivity contribution in [1.29, 1.82) is 0 Å². The van der Waals surface area contributed by atoms with E-state index >= 15 is 0 Å². The van der Waals surface area contributed by atoms with Gasteiger partial charge in [-0.3, -0.25) is 4.68 Å². The second-order valence-electron chi connectivity index (χ2n) is 7.87. The molecule has 3 atom stereocenters. The zero-order chi connectivity index (χ0) is 15.8. The van der Waals surface area contributed by atoms with Crippen LogP contribution in [0.25, 0.3) is 0 Å². The number of aryl methyl sites for hydroxylation is 1. The number of hydrogen-bond acceptors (Lipinski definition) is 3. The molecule has 1 aromatic heterocycles. The number of aliphatic hydroxyl groups is 1.